The van der Waals surface area contributed by atoms with Crippen LogP contribution in [-0.2, 0) is 7.05 Å². The predicted octanol–water partition coefficient (Wildman–Crippen LogP) is 0.974. The van der Waals surface area contributed by atoms with Crippen LogP contribution in [0.25, 0.3) is 16.8 Å². The van der Waals surface area contributed by atoms with Gasteiger partial charge in [-0.05, 0) is 31.0 Å². The van der Waals surface area contributed by atoms with Gasteiger partial charge >= 0.3 is 0 Å². The second kappa shape index (κ2) is 4.79. The number of piperidine rings is 1. The highest BCUT2D eigenvalue weighted by atomic mass is 16.5. The van der Waals surface area contributed by atoms with Crippen molar-refractivity contribution >= 4 is 5.52 Å². The molecule has 23 heavy (non-hydrogen) atoms. The maximum atomic E-state index is 6.08. The number of rotatable bonds is 4. The number of aromatic nitrogens is 5. The molecule has 0 amide bonds. The van der Waals surface area contributed by atoms with Gasteiger partial charge in [0.2, 0.25) is 5.88 Å². The number of aryl methyl sites for hydroxylation is 1. The van der Waals surface area contributed by atoms with Crippen molar-refractivity contribution < 1.29 is 4.74 Å². The van der Waals surface area contributed by atoms with Crippen LogP contribution in [0.4, 0.5) is 0 Å². The minimum absolute atomic E-state index is 0.654. The molecule has 118 valence electrons. The molecule has 5 rings (SSSR count). The van der Waals surface area contributed by atoms with Crippen LogP contribution in [0, 0.1) is 17.8 Å². The summed E-state index contributed by atoms with van der Waals surface area (Å²) < 4.78 is 9.67. The van der Waals surface area contributed by atoms with E-state index in [2.05, 4.69) is 15.5 Å². The van der Waals surface area contributed by atoms with Gasteiger partial charge in [-0.2, -0.15) is 10.2 Å². The first-order valence-corrected chi connectivity index (χ1v) is 7.96. The van der Waals surface area contributed by atoms with E-state index in [1.54, 1.807) is 17.1 Å². The van der Waals surface area contributed by atoms with Crippen LogP contribution in [0.1, 0.15) is 0 Å². The van der Waals surface area contributed by atoms with E-state index in [9.17, 15) is 0 Å². The molecule has 1 saturated carbocycles. The second-order valence-corrected chi connectivity index (χ2v) is 6.46. The van der Waals surface area contributed by atoms with Crippen molar-refractivity contribution in [2.45, 2.75) is 0 Å². The summed E-state index contributed by atoms with van der Waals surface area (Å²) in [4.78, 5) is 4.70. The van der Waals surface area contributed by atoms with Crippen LogP contribution in [-0.4, -0.2) is 44.1 Å². The van der Waals surface area contributed by atoms with Gasteiger partial charge in [0.05, 0.1) is 30.9 Å². The Labute approximate surface area is 133 Å². The molecule has 0 bridgehead atoms. The summed E-state index contributed by atoms with van der Waals surface area (Å²) in [6.07, 6.45) is 7.43. The fourth-order valence-corrected chi connectivity index (χ4v) is 3.67. The average molecular weight is 310 g/mol. The van der Waals surface area contributed by atoms with Gasteiger partial charge < -0.3 is 10.1 Å². The minimum atomic E-state index is 0.654. The van der Waals surface area contributed by atoms with Gasteiger partial charge in [-0.3, -0.25) is 4.68 Å². The highest BCUT2D eigenvalue weighted by Gasteiger charge is 2.53. The number of nitrogens with one attached hydrogen (secondary N) is 1. The van der Waals surface area contributed by atoms with Crippen molar-refractivity contribution in [2.24, 2.45) is 24.8 Å². The van der Waals surface area contributed by atoms with Gasteiger partial charge in [0.15, 0.2) is 0 Å². The van der Waals surface area contributed by atoms with Crippen LogP contribution in [0.3, 0.4) is 0 Å². The first kappa shape index (κ1) is 13.1. The molecule has 1 N–H and O–H groups in total. The number of hydrogen-bond acceptors (Lipinski definition) is 5. The van der Waals surface area contributed by atoms with Gasteiger partial charge in [-0.1, -0.05) is 0 Å². The maximum Gasteiger partial charge on any atom is 0.240 e. The first-order chi connectivity index (χ1) is 11.3. The minimum Gasteiger partial charge on any atom is -0.476 e. The predicted molar refractivity (Wildman–Crippen MR) is 84.0 cm³/mol. The number of hydrogen-bond donors (Lipinski definition) is 1. The standard InChI is InChI=1S/C16H18N6O/c1-21-7-10(4-19-21)14-8-22-15(2-3-18-22)16(20-14)23-9-13-11-5-17-6-12(11)13/h2-4,7-8,11-13,17H,5-6,9H2,1H3/t11-,12+,13?. The molecule has 0 spiro atoms. The molecule has 7 nitrogen and oxygen atoms in total. The smallest absolute Gasteiger partial charge is 0.240 e. The molecule has 3 aromatic heterocycles. The van der Waals surface area contributed by atoms with Crippen molar-refractivity contribution in [1.29, 1.82) is 0 Å². The maximum absolute atomic E-state index is 6.08. The third-order valence-electron chi connectivity index (χ3n) is 5.04. The highest BCUT2D eigenvalue weighted by Crippen LogP contribution is 2.48. The average Bonchev–Trinajstić information content (AvgIpc) is 3.07. The van der Waals surface area contributed by atoms with E-state index in [-0.39, 0.29) is 0 Å². The van der Waals surface area contributed by atoms with Crippen molar-refractivity contribution in [3.63, 3.8) is 0 Å². The Morgan fingerprint density at radius 3 is 2.91 bits per heavy atom. The monoisotopic (exact) mass is 310 g/mol. The van der Waals surface area contributed by atoms with E-state index in [1.807, 2.05) is 30.0 Å². The molecule has 7 heteroatoms. The van der Waals surface area contributed by atoms with Gasteiger partial charge in [-0.15, -0.1) is 0 Å². The fourth-order valence-electron chi connectivity index (χ4n) is 3.67. The number of fused-ring (bicyclic) bond motifs is 2. The molecular formula is C16H18N6O. The van der Waals surface area contributed by atoms with Crippen LogP contribution in [0.2, 0.25) is 0 Å². The van der Waals surface area contributed by atoms with Crippen molar-refractivity contribution in [3.05, 3.63) is 30.9 Å². The third-order valence-corrected chi connectivity index (χ3v) is 5.04. The molecule has 0 aromatic carbocycles. The fraction of sp³-hybridized carbons (Fsp3) is 0.438. The Balaban J connectivity index is 1.45. The molecular weight excluding hydrogens is 292 g/mol. The molecule has 2 aliphatic rings. The molecule has 3 aromatic rings. The van der Waals surface area contributed by atoms with E-state index in [4.69, 9.17) is 9.72 Å². The Hall–Kier alpha value is -2.41. The molecule has 2 fully saturated rings. The zero-order chi connectivity index (χ0) is 15.4. The van der Waals surface area contributed by atoms with Crippen LogP contribution < -0.4 is 10.1 Å². The summed E-state index contributed by atoms with van der Waals surface area (Å²) in [5, 5.41) is 12.0. The summed E-state index contributed by atoms with van der Waals surface area (Å²) in [5.74, 6) is 2.90. The quantitative estimate of drug-likeness (QED) is 0.778. The van der Waals surface area contributed by atoms with E-state index >= 15 is 0 Å². The number of ether oxygens (including phenoxy) is 1. The lowest BCUT2D eigenvalue weighted by Gasteiger charge is -2.10. The Morgan fingerprint density at radius 1 is 1.26 bits per heavy atom. The summed E-state index contributed by atoms with van der Waals surface area (Å²) >= 11 is 0. The van der Waals surface area contributed by atoms with E-state index in [0.717, 1.165) is 48.3 Å². The molecule has 1 unspecified atom stereocenters. The summed E-state index contributed by atoms with van der Waals surface area (Å²) in [6.45, 7) is 3.00. The lowest BCUT2D eigenvalue weighted by molar-refractivity contribution is 0.273. The Morgan fingerprint density at radius 2 is 2.13 bits per heavy atom. The summed E-state index contributed by atoms with van der Waals surface area (Å²) in [5.41, 5.74) is 2.69. The van der Waals surface area contributed by atoms with Gasteiger partial charge in [0, 0.05) is 24.7 Å². The lowest BCUT2D eigenvalue weighted by Crippen LogP contribution is -2.18. The van der Waals surface area contributed by atoms with Gasteiger partial charge in [0.1, 0.15) is 5.52 Å². The SMILES string of the molecule is Cn1cc(-c2cn3nccc3c(OCC3[C@H]4CNC[C@@H]34)n2)cn1. The first-order valence-electron chi connectivity index (χ1n) is 7.96. The van der Waals surface area contributed by atoms with E-state index < -0.39 is 0 Å². The van der Waals surface area contributed by atoms with Crippen LogP contribution >= 0.6 is 0 Å². The Bertz CT molecular complexity index is 858. The molecule has 0 radical (unpaired) electrons. The molecule has 4 heterocycles. The molecule has 1 aliphatic carbocycles. The lowest BCUT2D eigenvalue weighted by atomic mass is 10.2. The topological polar surface area (TPSA) is 69.3 Å². The van der Waals surface area contributed by atoms with Crippen LogP contribution in [0.5, 0.6) is 5.88 Å². The normalized spacial score (nSPS) is 25.7. The third kappa shape index (κ3) is 2.11. The largest absolute Gasteiger partial charge is 0.476 e. The summed E-state index contributed by atoms with van der Waals surface area (Å²) in [7, 11) is 1.90. The molecule has 1 saturated heterocycles. The highest BCUT2D eigenvalue weighted by molar-refractivity contribution is 5.63. The second-order valence-electron chi connectivity index (χ2n) is 6.46. The molecule has 3 atom stereocenters. The van der Waals surface area contributed by atoms with E-state index in [1.165, 1.54) is 0 Å². The summed E-state index contributed by atoms with van der Waals surface area (Å²) in [6, 6.07) is 1.94. The zero-order valence-electron chi connectivity index (χ0n) is 12.9. The van der Waals surface area contributed by atoms with E-state index in [0.29, 0.717) is 11.8 Å². The van der Waals surface area contributed by atoms with Crippen molar-refractivity contribution in [1.82, 2.24) is 29.7 Å². The number of nitrogens with zero attached hydrogens (tertiary/aromatic N) is 5. The van der Waals surface area contributed by atoms with Crippen molar-refractivity contribution in [2.75, 3.05) is 19.7 Å². The van der Waals surface area contributed by atoms with Gasteiger partial charge in [-0.25, -0.2) is 9.50 Å². The van der Waals surface area contributed by atoms with Crippen LogP contribution in [0.15, 0.2) is 30.9 Å². The molecule has 1 aliphatic heterocycles. The van der Waals surface area contributed by atoms with Gasteiger partial charge in [0.25, 0.3) is 0 Å². The Kier molecular flexibility index (Phi) is 2.72. The van der Waals surface area contributed by atoms with Crippen molar-refractivity contribution in [3.8, 4) is 17.1 Å². The zero-order valence-corrected chi connectivity index (χ0v) is 12.9.